The lowest BCUT2D eigenvalue weighted by Crippen LogP contribution is -2.26. The Kier molecular flexibility index (Phi) is 4.69. The molecule has 0 aromatic carbocycles. The second-order valence-corrected chi connectivity index (χ2v) is 6.26. The SMILES string of the molecule is CC[C@@H](SC1CCCC1)C(=O)Nc1cc(C)on1. The quantitative estimate of drug-likeness (QED) is 0.889. The van der Waals surface area contributed by atoms with Crippen molar-refractivity contribution in [3.05, 3.63) is 11.8 Å². The number of rotatable bonds is 5. The van der Waals surface area contributed by atoms with E-state index in [1.165, 1.54) is 25.7 Å². The number of nitrogens with zero attached hydrogens (tertiary/aromatic N) is 1. The summed E-state index contributed by atoms with van der Waals surface area (Å²) < 4.78 is 4.94. The van der Waals surface area contributed by atoms with E-state index in [0.29, 0.717) is 16.8 Å². The highest BCUT2D eigenvalue weighted by Crippen LogP contribution is 2.33. The van der Waals surface area contributed by atoms with Gasteiger partial charge in [-0.25, -0.2) is 0 Å². The van der Waals surface area contributed by atoms with E-state index in [0.717, 1.165) is 6.42 Å². The molecule has 0 bridgehead atoms. The molecule has 18 heavy (non-hydrogen) atoms. The van der Waals surface area contributed by atoms with Crippen LogP contribution in [-0.2, 0) is 4.79 Å². The molecule has 1 heterocycles. The van der Waals surface area contributed by atoms with Gasteiger partial charge >= 0.3 is 0 Å². The summed E-state index contributed by atoms with van der Waals surface area (Å²) in [7, 11) is 0. The summed E-state index contributed by atoms with van der Waals surface area (Å²) in [5.74, 6) is 1.27. The molecular weight excluding hydrogens is 248 g/mol. The molecule has 1 aromatic heterocycles. The maximum atomic E-state index is 12.1. The number of hydrogen-bond donors (Lipinski definition) is 1. The third-order valence-corrected chi connectivity index (χ3v) is 4.93. The van der Waals surface area contributed by atoms with Gasteiger partial charge in [-0.2, -0.15) is 0 Å². The fourth-order valence-corrected chi connectivity index (χ4v) is 3.68. The van der Waals surface area contributed by atoms with Gasteiger partial charge in [0.05, 0.1) is 5.25 Å². The summed E-state index contributed by atoms with van der Waals surface area (Å²) in [4.78, 5) is 12.1. The van der Waals surface area contributed by atoms with Crippen molar-refractivity contribution in [2.75, 3.05) is 5.32 Å². The first-order valence-electron chi connectivity index (χ1n) is 6.58. The van der Waals surface area contributed by atoms with Crippen LogP contribution >= 0.6 is 11.8 Å². The molecule has 0 radical (unpaired) electrons. The zero-order valence-corrected chi connectivity index (χ0v) is 11.8. The number of aromatic nitrogens is 1. The molecule has 0 aliphatic heterocycles. The monoisotopic (exact) mass is 268 g/mol. The van der Waals surface area contributed by atoms with Gasteiger partial charge in [-0.3, -0.25) is 4.79 Å². The predicted molar refractivity (Wildman–Crippen MR) is 73.8 cm³/mol. The molecule has 4 nitrogen and oxygen atoms in total. The number of nitrogens with one attached hydrogen (secondary N) is 1. The minimum atomic E-state index is 0.0186. The van der Waals surface area contributed by atoms with Gasteiger partial charge in [0.15, 0.2) is 5.82 Å². The minimum absolute atomic E-state index is 0.0186. The Hall–Kier alpha value is -0.970. The van der Waals surface area contributed by atoms with Crippen molar-refractivity contribution in [2.45, 2.75) is 56.5 Å². The number of anilines is 1. The molecular formula is C13H20N2O2S. The molecule has 1 fully saturated rings. The fourth-order valence-electron chi connectivity index (χ4n) is 2.23. The molecule has 1 aliphatic carbocycles. The Morgan fingerprint density at radius 2 is 2.33 bits per heavy atom. The van der Waals surface area contributed by atoms with E-state index in [2.05, 4.69) is 17.4 Å². The summed E-state index contributed by atoms with van der Waals surface area (Å²) in [6.07, 6.45) is 5.95. The minimum Gasteiger partial charge on any atom is -0.360 e. The number of aryl methyl sites for hydroxylation is 1. The van der Waals surface area contributed by atoms with Gasteiger partial charge in [-0.05, 0) is 26.2 Å². The van der Waals surface area contributed by atoms with Crippen LogP contribution in [-0.4, -0.2) is 21.6 Å². The maximum Gasteiger partial charge on any atom is 0.238 e. The lowest BCUT2D eigenvalue weighted by Gasteiger charge is -2.17. The highest BCUT2D eigenvalue weighted by atomic mass is 32.2. The highest BCUT2D eigenvalue weighted by Gasteiger charge is 2.24. The smallest absolute Gasteiger partial charge is 0.238 e. The van der Waals surface area contributed by atoms with Crippen LogP contribution in [0.25, 0.3) is 0 Å². The van der Waals surface area contributed by atoms with Crippen molar-refractivity contribution < 1.29 is 9.32 Å². The van der Waals surface area contributed by atoms with Crippen LogP contribution in [0.4, 0.5) is 5.82 Å². The molecule has 1 amide bonds. The summed E-state index contributed by atoms with van der Waals surface area (Å²) in [5.41, 5.74) is 0. The van der Waals surface area contributed by atoms with Gasteiger partial charge < -0.3 is 9.84 Å². The summed E-state index contributed by atoms with van der Waals surface area (Å²) in [6.45, 7) is 3.87. The van der Waals surface area contributed by atoms with Crippen LogP contribution in [0.2, 0.25) is 0 Å². The van der Waals surface area contributed by atoms with Crippen molar-refractivity contribution in [3.63, 3.8) is 0 Å². The van der Waals surface area contributed by atoms with Gasteiger partial charge in [-0.1, -0.05) is 24.9 Å². The van der Waals surface area contributed by atoms with E-state index in [1.807, 2.05) is 18.7 Å². The number of carbonyl (C=O) groups is 1. The Labute approximate surface area is 112 Å². The highest BCUT2D eigenvalue weighted by molar-refractivity contribution is 8.01. The van der Waals surface area contributed by atoms with Crippen molar-refractivity contribution in [3.8, 4) is 0 Å². The van der Waals surface area contributed by atoms with Crippen LogP contribution in [0.5, 0.6) is 0 Å². The molecule has 1 N–H and O–H groups in total. The maximum absolute atomic E-state index is 12.1. The summed E-state index contributed by atoms with van der Waals surface area (Å²) in [6, 6.07) is 1.74. The molecule has 0 spiro atoms. The fraction of sp³-hybridized carbons (Fsp3) is 0.692. The van der Waals surface area contributed by atoms with Crippen LogP contribution in [0.1, 0.15) is 44.8 Å². The lowest BCUT2D eigenvalue weighted by atomic mass is 10.3. The van der Waals surface area contributed by atoms with E-state index < -0.39 is 0 Å². The molecule has 1 saturated carbocycles. The van der Waals surface area contributed by atoms with Crippen molar-refractivity contribution in [2.24, 2.45) is 0 Å². The summed E-state index contributed by atoms with van der Waals surface area (Å²) in [5, 5.41) is 7.28. The summed E-state index contributed by atoms with van der Waals surface area (Å²) >= 11 is 1.82. The predicted octanol–water partition coefficient (Wildman–Crippen LogP) is 3.38. The Morgan fingerprint density at radius 3 is 2.89 bits per heavy atom. The Morgan fingerprint density at radius 1 is 1.61 bits per heavy atom. The molecule has 0 unspecified atom stereocenters. The standard InChI is InChI=1S/C13H20N2O2S/c1-3-11(18-10-6-4-5-7-10)13(16)14-12-8-9(2)17-15-12/h8,10-11H,3-7H2,1-2H3,(H,14,15,16)/t11-/m1/s1. The average Bonchev–Trinajstić information content (AvgIpc) is 2.97. The van der Waals surface area contributed by atoms with Gasteiger partial charge in [-0.15, -0.1) is 11.8 Å². The van der Waals surface area contributed by atoms with E-state index in [4.69, 9.17) is 4.52 Å². The largest absolute Gasteiger partial charge is 0.360 e. The second kappa shape index (κ2) is 6.27. The zero-order valence-electron chi connectivity index (χ0n) is 10.9. The van der Waals surface area contributed by atoms with Crippen molar-refractivity contribution in [1.29, 1.82) is 0 Å². The van der Waals surface area contributed by atoms with E-state index in [1.54, 1.807) is 6.07 Å². The first-order chi connectivity index (χ1) is 8.69. The van der Waals surface area contributed by atoms with E-state index >= 15 is 0 Å². The van der Waals surface area contributed by atoms with E-state index in [-0.39, 0.29) is 11.2 Å². The normalized spacial score (nSPS) is 17.9. The third kappa shape index (κ3) is 3.51. The average molecular weight is 268 g/mol. The molecule has 0 saturated heterocycles. The first-order valence-corrected chi connectivity index (χ1v) is 7.53. The molecule has 100 valence electrons. The second-order valence-electron chi connectivity index (χ2n) is 4.75. The number of hydrogen-bond acceptors (Lipinski definition) is 4. The van der Waals surface area contributed by atoms with Crippen LogP contribution in [0.3, 0.4) is 0 Å². The van der Waals surface area contributed by atoms with Gasteiger partial charge in [0.25, 0.3) is 0 Å². The molecule has 5 heteroatoms. The van der Waals surface area contributed by atoms with Gasteiger partial charge in [0.2, 0.25) is 5.91 Å². The molecule has 1 aliphatic rings. The van der Waals surface area contributed by atoms with E-state index in [9.17, 15) is 4.79 Å². The molecule has 1 atom stereocenters. The van der Waals surface area contributed by atoms with Crippen LogP contribution in [0, 0.1) is 6.92 Å². The van der Waals surface area contributed by atoms with Crippen LogP contribution in [0.15, 0.2) is 10.6 Å². The van der Waals surface area contributed by atoms with Gasteiger partial charge in [0, 0.05) is 11.3 Å². The number of carbonyl (C=O) groups excluding carboxylic acids is 1. The van der Waals surface area contributed by atoms with Crippen molar-refractivity contribution in [1.82, 2.24) is 5.16 Å². The Balaban J connectivity index is 1.88. The number of amides is 1. The third-order valence-electron chi connectivity index (χ3n) is 3.20. The van der Waals surface area contributed by atoms with Crippen molar-refractivity contribution >= 4 is 23.5 Å². The molecule has 2 rings (SSSR count). The topological polar surface area (TPSA) is 55.1 Å². The lowest BCUT2D eigenvalue weighted by molar-refractivity contribution is -0.115. The Bertz CT molecular complexity index is 399. The molecule has 1 aromatic rings. The number of thioether (sulfide) groups is 1. The first kappa shape index (κ1) is 13.5. The van der Waals surface area contributed by atoms with Gasteiger partial charge in [0.1, 0.15) is 5.76 Å². The zero-order chi connectivity index (χ0) is 13.0. The van der Waals surface area contributed by atoms with Crippen LogP contribution < -0.4 is 5.32 Å².